The topological polar surface area (TPSA) is 89.0 Å². The second kappa shape index (κ2) is 9.06. The van der Waals surface area contributed by atoms with Crippen molar-refractivity contribution in [1.82, 2.24) is 15.2 Å². The summed E-state index contributed by atoms with van der Waals surface area (Å²) in [4.78, 5) is 29.3. The first kappa shape index (κ1) is 20.8. The lowest BCUT2D eigenvalue weighted by Gasteiger charge is -2.33. The number of benzene rings is 1. The van der Waals surface area contributed by atoms with Crippen molar-refractivity contribution in [3.63, 3.8) is 0 Å². The molecular formula is C23H28N4O2. The van der Waals surface area contributed by atoms with Gasteiger partial charge >= 0.3 is 0 Å². The Balaban J connectivity index is 1.52. The minimum Gasteiger partial charge on any atom is -0.355 e. The predicted molar refractivity (Wildman–Crippen MR) is 113 cm³/mol. The van der Waals surface area contributed by atoms with E-state index >= 15 is 0 Å². The van der Waals surface area contributed by atoms with Crippen molar-refractivity contribution in [1.29, 1.82) is 5.26 Å². The minimum absolute atomic E-state index is 0.0160. The van der Waals surface area contributed by atoms with Crippen molar-refractivity contribution in [2.75, 3.05) is 13.1 Å². The van der Waals surface area contributed by atoms with Crippen LogP contribution in [0.2, 0.25) is 0 Å². The van der Waals surface area contributed by atoms with E-state index < -0.39 is 0 Å². The van der Waals surface area contributed by atoms with Crippen LogP contribution in [0.4, 0.5) is 0 Å². The van der Waals surface area contributed by atoms with Gasteiger partial charge in [0, 0.05) is 37.8 Å². The summed E-state index contributed by atoms with van der Waals surface area (Å²) in [7, 11) is 0. The van der Waals surface area contributed by atoms with E-state index in [2.05, 4.69) is 46.4 Å². The van der Waals surface area contributed by atoms with E-state index in [1.165, 1.54) is 11.1 Å². The van der Waals surface area contributed by atoms with Gasteiger partial charge in [-0.05, 0) is 55.9 Å². The number of pyridine rings is 1. The van der Waals surface area contributed by atoms with Gasteiger partial charge in [-0.15, -0.1) is 0 Å². The van der Waals surface area contributed by atoms with Crippen LogP contribution in [0.5, 0.6) is 0 Å². The molecule has 29 heavy (non-hydrogen) atoms. The Morgan fingerprint density at radius 2 is 2.03 bits per heavy atom. The number of hydrogen-bond acceptors (Lipinski definition) is 4. The smallest absolute Gasteiger partial charge is 0.266 e. The summed E-state index contributed by atoms with van der Waals surface area (Å²) in [6.07, 6.45) is 1.87. The first-order chi connectivity index (χ1) is 13.9. The lowest BCUT2D eigenvalue weighted by molar-refractivity contribution is -0.121. The van der Waals surface area contributed by atoms with Crippen LogP contribution in [0, 0.1) is 25.2 Å². The predicted octanol–water partition coefficient (Wildman–Crippen LogP) is 2.36. The summed E-state index contributed by atoms with van der Waals surface area (Å²) in [5.74, 6) is -0.0160. The number of nitrogens with one attached hydrogen (secondary N) is 2. The van der Waals surface area contributed by atoms with Crippen molar-refractivity contribution >= 4 is 5.91 Å². The molecule has 2 N–H and O–H groups in total. The molecule has 0 saturated carbocycles. The summed E-state index contributed by atoms with van der Waals surface area (Å²) >= 11 is 0. The molecule has 1 amide bonds. The van der Waals surface area contributed by atoms with Gasteiger partial charge in [0.05, 0.1) is 0 Å². The fourth-order valence-electron chi connectivity index (χ4n) is 4.03. The van der Waals surface area contributed by atoms with Crippen LogP contribution in [0.3, 0.4) is 0 Å². The molecule has 152 valence electrons. The molecule has 1 aromatic carbocycles. The highest BCUT2D eigenvalue weighted by molar-refractivity contribution is 5.76. The number of rotatable bonds is 6. The number of aromatic amines is 1. The molecule has 0 saturated heterocycles. The Kier molecular flexibility index (Phi) is 6.50. The quantitative estimate of drug-likeness (QED) is 0.790. The van der Waals surface area contributed by atoms with Crippen LogP contribution in [-0.2, 0) is 24.2 Å². The summed E-state index contributed by atoms with van der Waals surface area (Å²) in [5, 5.41) is 12.2. The van der Waals surface area contributed by atoms with Crippen LogP contribution in [0.15, 0.2) is 29.1 Å². The van der Waals surface area contributed by atoms with Gasteiger partial charge < -0.3 is 10.3 Å². The second-order valence-electron chi connectivity index (χ2n) is 7.81. The Morgan fingerprint density at radius 1 is 1.31 bits per heavy atom. The van der Waals surface area contributed by atoms with Crippen LogP contribution >= 0.6 is 0 Å². The van der Waals surface area contributed by atoms with E-state index in [4.69, 9.17) is 5.26 Å². The molecular weight excluding hydrogens is 364 g/mol. The number of amides is 1. The van der Waals surface area contributed by atoms with Crippen molar-refractivity contribution in [3.05, 3.63) is 68.1 Å². The summed E-state index contributed by atoms with van der Waals surface area (Å²) in [5.41, 5.74) is 4.81. The molecule has 1 aromatic heterocycles. The highest BCUT2D eigenvalue weighted by atomic mass is 16.1. The Morgan fingerprint density at radius 3 is 2.76 bits per heavy atom. The van der Waals surface area contributed by atoms with Crippen molar-refractivity contribution in [2.45, 2.75) is 52.6 Å². The van der Waals surface area contributed by atoms with Gasteiger partial charge in [-0.25, -0.2) is 0 Å². The maximum Gasteiger partial charge on any atom is 0.266 e. The average molecular weight is 393 g/mol. The molecule has 6 heteroatoms. The zero-order chi connectivity index (χ0) is 21.0. The van der Waals surface area contributed by atoms with Gasteiger partial charge in [0.1, 0.15) is 11.6 Å². The van der Waals surface area contributed by atoms with E-state index in [1.54, 1.807) is 13.8 Å². The van der Waals surface area contributed by atoms with Crippen LogP contribution in [0.25, 0.3) is 0 Å². The van der Waals surface area contributed by atoms with Gasteiger partial charge in [-0.3, -0.25) is 14.5 Å². The number of H-pyrrole nitrogens is 1. The maximum atomic E-state index is 12.4. The Labute approximate surface area is 171 Å². The first-order valence-corrected chi connectivity index (χ1v) is 10.1. The standard InChI is InChI=1S/C23H28N4O2/c1-15(27-11-10-18-6-4-5-7-19(18)14-27)13-25-22(28)9-8-20-16(2)21(12-24)23(29)26-17(20)3/h4-7,15H,8-11,13-14H2,1-3H3,(H,25,28)(H,26,29). The van der Waals surface area contributed by atoms with Crippen LogP contribution in [-0.4, -0.2) is 34.9 Å². The number of hydrogen-bond donors (Lipinski definition) is 2. The molecule has 3 rings (SSSR count). The van der Waals surface area contributed by atoms with Gasteiger partial charge in [0.25, 0.3) is 5.56 Å². The van der Waals surface area contributed by atoms with E-state index in [9.17, 15) is 9.59 Å². The van der Waals surface area contributed by atoms with E-state index in [1.807, 2.05) is 6.07 Å². The Hall–Kier alpha value is -2.91. The average Bonchev–Trinajstić information content (AvgIpc) is 2.71. The maximum absolute atomic E-state index is 12.4. The summed E-state index contributed by atoms with van der Waals surface area (Å²) < 4.78 is 0. The molecule has 0 spiro atoms. The van der Waals surface area contributed by atoms with Gasteiger partial charge in [0.2, 0.25) is 5.91 Å². The molecule has 1 aliphatic rings. The highest BCUT2D eigenvalue weighted by Crippen LogP contribution is 2.20. The highest BCUT2D eigenvalue weighted by Gasteiger charge is 2.21. The molecule has 6 nitrogen and oxygen atoms in total. The lowest BCUT2D eigenvalue weighted by atomic mass is 9.98. The fraction of sp³-hybridized carbons (Fsp3) is 0.435. The number of aryl methyl sites for hydroxylation is 1. The SMILES string of the molecule is Cc1[nH]c(=O)c(C#N)c(C)c1CCC(=O)NCC(C)N1CCc2ccccc2C1. The summed E-state index contributed by atoms with van der Waals surface area (Å²) in [6.45, 7) is 8.24. The molecule has 0 aliphatic carbocycles. The largest absolute Gasteiger partial charge is 0.355 e. The number of carbonyl (C=O) groups is 1. The molecule has 0 fully saturated rings. The summed E-state index contributed by atoms with van der Waals surface area (Å²) in [6, 6.07) is 10.7. The van der Waals surface area contributed by atoms with E-state index in [-0.39, 0.29) is 23.1 Å². The van der Waals surface area contributed by atoms with Gasteiger partial charge in [-0.2, -0.15) is 5.26 Å². The normalized spacial score (nSPS) is 14.7. The van der Waals surface area contributed by atoms with Crippen LogP contribution in [0.1, 0.15) is 46.9 Å². The molecule has 1 unspecified atom stereocenters. The number of fused-ring (bicyclic) bond motifs is 1. The first-order valence-electron chi connectivity index (χ1n) is 10.1. The molecule has 1 aliphatic heterocycles. The monoisotopic (exact) mass is 392 g/mol. The fourth-order valence-corrected chi connectivity index (χ4v) is 4.03. The van der Waals surface area contributed by atoms with Crippen molar-refractivity contribution < 1.29 is 4.79 Å². The minimum atomic E-state index is -0.368. The molecule has 0 bridgehead atoms. The number of nitriles is 1. The molecule has 2 aromatic rings. The zero-order valence-electron chi connectivity index (χ0n) is 17.3. The third-order valence-electron chi connectivity index (χ3n) is 5.90. The van der Waals surface area contributed by atoms with Crippen molar-refractivity contribution in [3.8, 4) is 6.07 Å². The van der Waals surface area contributed by atoms with E-state index in [0.717, 1.165) is 30.8 Å². The third kappa shape index (κ3) is 4.75. The molecule has 0 radical (unpaired) electrons. The van der Waals surface area contributed by atoms with Gasteiger partial charge in [-0.1, -0.05) is 24.3 Å². The second-order valence-corrected chi connectivity index (χ2v) is 7.81. The third-order valence-corrected chi connectivity index (χ3v) is 5.90. The van der Waals surface area contributed by atoms with Gasteiger partial charge in [0.15, 0.2) is 0 Å². The zero-order valence-corrected chi connectivity index (χ0v) is 17.3. The number of aromatic nitrogens is 1. The van der Waals surface area contributed by atoms with Crippen molar-refractivity contribution in [2.24, 2.45) is 0 Å². The number of carbonyl (C=O) groups excluding carboxylic acids is 1. The molecule has 1 atom stereocenters. The Bertz CT molecular complexity index is 1000. The van der Waals surface area contributed by atoms with E-state index in [0.29, 0.717) is 24.9 Å². The van der Waals surface area contributed by atoms with Crippen LogP contribution < -0.4 is 10.9 Å². The lowest BCUT2D eigenvalue weighted by Crippen LogP contribution is -2.44. The number of nitrogens with zero attached hydrogens (tertiary/aromatic N) is 2. The molecule has 2 heterocycles.